The maximum atomic E-state index is 4.68. The second-order valence-corrected chi connectivity index (χ2v) is 8.11. The molecule has 0 N–H and O–H groups in total. The van der Waals surface area contributed by atoms with Crippen LogP contribution in [0.25, 0.3) is 10.2 Å². The molecule has 0 amide bonds. The van der Waals surface area contributed by atoms with Gasteiger partial charge in [-0.15, -0.1) is 11.3 Å². The Morgan fingerprint density at radius 3 is 2.75 bits per heavy atom. The van der Waals surface area contributed by atoms with Crippen molar-refractivity contribution in [2.75, 3.05) is 51.2 Å². The Morgan fingerprint density at radius 1 is 1.08 bits per heavy atom. The normalized spacial score (nSPS) is 24.4. The minimum absolute atomic E-state index is 0.660. The number of fused-ring (bicyclic) bond motifs is 1. The average Bonchev–Trinajstić information content (AvgIpc) is 2.83. The van der Waals surface area contributed by atoms with Gasteiger partial charge in [0.25, 0.3) is 0 Å². The summed E-state index contributed by atoms with van der Waals surface area (Å²) in [6.07, 6.45) is 5.65. The lowest BCUT2D eigenvalue weighted by molar-refractivity contribution is 0.110. The molecular weight excluding hydrogens is 318 g/mol. The Labute approximate surface area is 148 Å². The molecule has 0 spiro atoms. The Balaban J connectivity index is 1.57. The van der Waals surface area contributed by atoms with Crippen LogP contribution in [-0.2, 0) is 0 Å². The van der Waals surface area contributed by atoms with E-state index < -0.39 is 0 Å². The number of thiophene rings is 1. The Hall–Kier alpha value is -1.24. The van der Waals surface area contributed by atoms with Gasteiger partial charge in [0, 0.05) is 45.3 Å². The molecule has 2 aliphatic rings. The Morgan fingerprint density at radius 2 is 1.92 bits per heavy atom. The standard InChI is InChI=1S/C18H27N5S/c1-14-12-24-17-16(14)19-13-20-18(17)23-6-4-3-5-15(11-23)22-9-7-21(2)8-10-22/h12-13,15H,3-11H2,1-2H3. The highest BCUT2D eigenvalue weighted by molar-refractivity contribution is 7.18. The van der Waals surface area contributed by atoms with E-state index in [1.54, 1.807) is 17.7 Å². The third-order valence-electron chi connectivity index (χ3n) is 5.51. The van der Waals surface area contributed by atoms with Gasteiger partial charge in [-0.3, -0.25) is 4.90 Å². The van der Waals surface area contributed by atoms with E-state index in [2.05, 4.69) is 44.0 Å². The molecule has 24 heavy (non-hydrogen) atoms. The molecule has 4 rings (SSSR count). The van der Waals surface area contributed by atoms with Gasteiger partial charge in [0.2, 0.25) is 0 Å². The first-order valence-electron chi connectivity index (χ1n) is 9.08. The summed E-state index contributed by atoms with van der Waals surface area (Å²) in [4.78, 5) is 16.8. The molecule has 0 saturated carbocycles. The monoisotopic (exact) mass is 345 g/mol. The molecule has 2 aliphatic heterocycles. The van der Waals surface area contributed by atoms with Crippen LogP contribution in [0.4, 0.5) is 5.82 Å². The quantitative estimate of drug-likeness (QED) is 0.836. The van der Waals surface area contributed by atoms with E-state index in [9.17, 15) is 0 Å². The number of likely N-dealkylation sites (N-methyl/N-ethyl adjacent to an activating group) is 1. The fraction of sp³-hybridized carbons (Fsp3) is 0.667. The molecule has 1 atom stereocenters. The third-order valence-corrected chi connectivity index (χ3v) is 6.60. The van der Waals surface area contributed by atoms with E-state index >= 15 is 0 Å². The van der Waals surface area contributed by atoms with Crippen LogP contribution in [0.2, 0.25) is 0 Å². The first-order valence-corrected chi connectivity index (χ1v) is 9.96. The maximum absolute atomic E-state index is 4.68. The summed E-state index contributed by atoms with van der Waals surface area (Å²) in [6, 6.07) is 0.660. The minimum atomic E-state index is 0.660. The molecule has 130 valence electrons. The van der Waals surface area contributed by atoms with E-state index in [1.807, 2.05) is 0 Å². The largest absolute Gasteiger partial charge is 0.354 e. The second kappa shape index (κ2) is 6.94. The van der Waals surface area contributed by atoms with Crippen molar-refractivity contribution >= 4 is 27.4 Å². The van der Waals surface area contributed by atoms with Crippen LogP contribution in [-0.4, -0.2) is 72.1 Å². The topological polar surface area (TPSA) is 35.5 Å². The van der Waals surface area contributed by atoms with E-state index in [-0.39, 0.29) is 0 Å². The second-order valence-electron chi connectivity index (χ2n) is 7.23. The van der Waals surface area contributed by atoms with Gasteiger partial charge in [-0.1, -0.05) is 6.42 Å². The van der Waals surface area contributed by atoms with Crippen LogP contribution in [0.1, 0.15) is 24.8 Å². The predicted octanol–water partition coefficient (Wildman–Crippen LogP) is 2.61. The number of hydrogen-bond donors (Lipinski definition) is 0. The van der Waals surface area contributed by atoms with Gasteiger partial charge < -0.3 is 9.80 Å². The summed E-state index contributed by atoms with van der Waals surface area (Å²) >= 11 is 1.79. The molecular formula is C18H27N5S. The van der Waals surface area contributed by atoms with Crippen molar-refractivity contribution in [1.29, 1.82) is 0 Å². The highest BCUT2D eigenvalue weighted by Gasteiger charge is 2.27. The van der Waals surface area contributed by atoms with Crippen molar-refractivity contribution in [2.24, 2.45) is 0 Å². The zero-order valence-corrected chi connectivity index (χ0v) is 15.6. The number of nitrogens with zero attached hydrogens (tertiary/aromatic N) is 5. The molecule has 2 aromatic heterocycles. The Bertz CT molecular complexity index is 692. The summed E-state index contributed by atoms with van der Waals surface area (Å²) in [5.74, 6) is 1.15. The average molecular weight is 346 g/mol. The molecule has 0 bridgehead atoms. The third kappa shape index (κ3) is 3.15. The van der Waals surface area contributed by atoms with Gasteiger partial charge in [-0.25, -0.2) is 9.97 Å². The highest BCUT2D eigenvalue weighted by Crippen LogP contribution is 2.32. The lowest BCUT2D eigenvalue weighted by atomic mass is 10.1. The maximum Gasteiger partial charge on any atom is 0.150 e. The number of aromatic nitrogens is 2. The number of rotatable bonds is 2. The predicted molar refractivity (Wildman–Crippen MR) is 101 cm³/mol. The molecule has 0 radical (unpaired) electrons. The van der Waals surface area contributed by atoms with Gasteiger partial charge in [-0.2, -0.15) is 0 Å². The zero-order valence-electron chi connectivity index (χ0n) is 14.7. The van der Waals surface area contributed by atoms with E-state index in [1.165, 1.54) is 55.7 Å². The lowest BCUT2D eigenvalue weighted by Crippen LogP contribution is -2.52. The van der Waals surface area contributed by atoms with Crippen molar-refractivity contribution in [3.8, 4) is 0 Å². The summed E-state index contributed by atoms with van der Waals surface area (Å²) in [7, 11) is 2.23. The van der Waals surface area contributed by atoms with Crippen LogP contribution < -0.4 is 4.90 Å². The number of aryl methyl sites for hydroxylation is 1. The SMILES string of the molecule is Cc1csc2c(N3CCCCC(N4CCN(C)CC4)C3)ncnc12. The van der Waals surface area contributed by atoms with Gasteiger partial charge in [0.15, 0.2) is 0 Å². The number of hydrogen-bond acceptors (Lipinski definition) is 6. The summed E-state index contributed by atoms with van der Waals surface area (Å²) < 4.78 is 1.26. The van der Waals surface area contributed by atoms with E-state index in [4.69, 9.17) is 0 Å². The zero-order chi connectivity index (χ0) is 16.5. The fourth-order valence-corrected chi connectivity index (χ4v) is 5.00. The van der Waals surface area contributed by atoms with E-state index in [0.717, 1.165) is 24.4 Å². The van der Waals surface area contributed by atoms with E-state index in [0.29, 0.717) is 6.04 Å². The molecule has 0 aliphatic carbocycles. The van der Waals surface area contributed by atoms with Crippen molar-refractivity contribution in [3.63, 3.8) is 0 Å². The summed E-state index contributed by atoms with van der Waals surface area (Å²) in [5, 5.41) is 2.21. The van der Waals surface area contributed by atoms with Crippen molar-refractivity contribution < 1.29 is 0 Å². The van der Waals surface area contributed by atoms with Gasteiger partial charge in [0.05, 0.1) is 10.2 Å². The van der Waals surface area contributed by atoms with Gasteiger partial charge in [0.1, 0.15) is 12.1 Å². The molecule has 6 heteroatoms. The first kappa shape index (κ1) is 16.2. The molecule has 4 heterocycles. The van der Waals surface area contributed by atoms with Gasteiger partial charge in [-0.05, 0) is 37.8 Å². The molecule has 2 fully saturated rings. The molecule has 5 nitrogen and oxygen atoms in total. The van der Waals surface area contributed by atoms with Crippen molar-refractivity contribution in [2.45, 2.75) is 32.2 Å². The molecule has 2 saturated heterocycles. The van der Waals surface area contributed by atoms with Crippen molar-refractivity contribution in [1.82, 2.24) is 19.8 Å². The molecule has 0 aromatic carbocycles. The lowest BCUT2D eigenvalue weighted by Gasteiger charge is -2.39. The van der Waals surface area contributed by atoms with Crippen LogP contribution >= 0.6 is 11.3 Å². The minimum Gasteiger partial charge on any atom is -0.354 e. The van der Waals surface area contributed by atoms with Gasteiger partial charge >= 0.3 is 0 Å². The Kier molecular flexibility index (Phi) is 4.70. The first-order chi connectivity index (χ1) is 11.7. The number of anilines is 1. The fourth-order valence-electron chi connectivity index (χ4n) is 3.98. The van der Waals surface area contributed by atoms with Crippen LogP contribution in [0.5, 0.6) is 0 Å². The number of piperazine rings is 1. The smallest absolute Gasteiger partial charge is 0.150 e. The van der Waals surface area contributed by atoms with Crippen LogP contribution in [0, 0.1) is 6.92 Å². The van der Waals surface area contributed by atoms with Crippen molar-refractivity contribution in [3.05, 3.63) is 17.3 Å². The van der Waals surface area contributed by atoms with Crippen LogP contribution in [0.15, 0.2) is 11.7 Å². The van der Waals surface area contributed by atoms with Crippen LogP contribution in [0.3, 0.4) is 0 Å². The highest BCUT2D eigenvalue weighted by atomic mass is 32.1. The molecule has 1 unspecified atom stereocenters. The molecule has 2 aromatic rings. The summed E-state index contributed by atoms with van der Waals surface area (Å²) in [5.41, 5.74) is 2.40. The summed E-state index contributed by atoms with van der Waals surface area (Å²) in [6.45, 7) is 9.15.